The predicted molar refractivity (Wildman–Crippen MR) is 142 cm³/mol. The number of hydrogen-bond donors (Lipinski definition) is 4. The van der Waals surface area contributed by atoms with Gasteiger partial charge in [0.1, 0.15) is 23.7 Å². The fourth-order valence-corrected chi connectivity index (χ4v) is 6.61. The van der Waals surface area contributed by atoms with Crippen LogP contribution in [-0.4, -0.2) is 97.5 Å². The van der Waals surface area contributed by atoms with E-state index in [1.54, 1.807) is 7.05 Å². The second-order valence-electron chi connectivity index (χ2n) is 7.82. The number of halogens is 3. The molecule has 15 nitrogen and oxygen atoms in total. The highest BCUT2D eigenvalue weighted by atomic mass is 35.6. The van der Waals surface area contributed by atoms with Gasteiger partial charge in [0.05, 0.1) is 5.69 Å². The number of aliphatic hydroxyl groups excluding tert-OH is 1. The smallest absolute Gasteiger partial charge is 0.413 e. The third kappa shape index (κ3) is 6.87. The summed E-state index contributed by atoms with van der Waals surface area (Å²) in [5.74, 6) is -2.31. The average Bonchev–Trinajstić information content (AvgIpc) is 3.51. The molecule has 0 aromatic carbocycles. The van der Waals surface area contributed by atoms with E-state index < -0.39 is 51.8 Å². The molecule has 1 fully saturated rings. The van der Waals surface area contributed by atoms with Crippen LogP contribution < -0.4 is 10.6 Å². The molecular weight excluding hydrogens is 643 g/mol. The molecule has 4 N–H and O–H groups in total. The Morgan fingerprint density at radius 2 is 2.10 bits per heavy atom. The van der Waals surface area contributed by atoms with Crippen molar-refractivity contribution in [3.05, 3.63) is 22.3 Å². The first-order valence-corrected chi connectivity index (χ1v) is 14.6. The van der Waals surface area contributed by atoms with Gasteiger partial charge in [-0.2, -0.15) is 0 Å². The second kappa shape index (κ2) is 12.0. The van der Waals surface area contributed by atoms with Crippen LogP contribution in [0.4, 0.5) is 9.93 Å². The number of fused-ring (bicyclic) bond motifs is 1. The number of carboxylic acids is 1. The van der Waals surface area contributed by atoms with Gasteiger partial charge in [0.2, 0.25) is 8.95 Å². The second-order valence-corrected chi connectivity index (χ2v) is 13.2. The molecule has 3 amide bonds. The van der Waals surface area contributed by atoms with E-state index in [9.17, 15) is 29.4 Å². The Bertz CT molecular complexity index is 1330. The lowest BCUT2D eigenvalue weighted by Gasteiger charge is -2.49. The quantitative estimate of drug-likeness (QED) is 0.170. The van der Waals surface area contributed by atoms with E-state index in [0.29, 0.717) is 16.5 Å². The number of aliphatic carboxylic acids is 1. The summed E-state index contributed by atoms with van der Waals surface area (Å²) < 4.78 is 4.35. The van der Waals surface area contributed by atoms with Crippen LogP contribution >= 0.6 is 69.7 Å². The monoisotopic (exact) mass is 658 g/mol. The first kappa shape index (κ1) is 29.6. The maximum absolute atomic E-state index is 12.9. The lowest BCUT2D eigenvalue weighted by molar-refractivity contribution is -0.151. The molecule has 0 spiro atoms. The summed E-state index contributed by atoms with van der Waals surface area (Å²) in [6.07, 6.45) is -2.74. The lowest BCUT2D eigenvalue weighted by Crippen LogP contribution is -2.70. The Morgan fingerprint density at radius 1 is 1.36 bits per heavy atom. The van der Waals surface area contributed by atoms with E-state index in [-0.39, 0.29) is 22.3 Å². The molecule has 210 valence electrons. The molecule has 2 aromatic rings. The van der Waals surface area contributed by atoms with Crippen LogP contribution in [0.3, 0.4) is 0 Å². The number of alkyl halides is 3. The molecule has 2 aliphatic heterocycles. The van der Waals surface area contributed by atoms with E-state index in [0.717, 1.165) is 16.2 Å². The van der Waals surface area contributed by atoms with Crippen LogP contribution in [0.1, 0.15) is 11.8 Å². The largest absolute Gasteiger partial charge is 0.477 e. The van der Waals surface area contributed by atoms with Crippen LogP contribution in [0, 0.1) is 0 Å². The number of carbonyl (C=O) groups is 4. The van der Waals surface area contributed by atoms with Gasteiger partial charge >= 0.3 is 12.1 Å². The van der Waals surface area contributed by atoms with Crippen LogP contribution in [-0.2, 0) is 26.2 Å². The van der Waals surface area contributed by atoms with Gasteiger partial charge in [-0.05, 0) is 16.0 Å². The Kier molecular flexibility index (Phi) is 9.14. The number of nitrogens with zero attached hydrogens (tertiary/aromatic N) is 6. The molecule has 0 saturated carbocycles. The van der Waals surface area contributed by atoms with Crippen molar-refractivity contribution in [1.29, 1.82) is 0 Å². The van der Waals surface area contributed by atoms with Crippen LogP contribution in [0.15, 0.2) is 21.8 Å². The highest BCUT2D eigenvalue weighted by molar-refractivity contribution is 8.01. The van der Waals surface area contributed by atoms with Gasteiger partial charge in [-0.3, -0.25) is 19.8 Å². The number of thioether (sulfide) groups is 2. The minimum absolute atomic E-state index is 0.00126. The van der Waals surface area contributed by atoms with E-state index in [2.05, 4.69) is 31.1 Å². The molecule has 1 unspecified atom stereocenters. The van der Waals surface area contributed by atoms with Crippen molar-refractivity contribution in [2.24, 2.45) is 7.05 Å². The van der Waals surface area contributed by atoms with Gasteiger partial charge in [-0.25, -0.2) is 19.3 Å². The molecule has 39 heavy (non-hydrogen) atoms. The summed E-state index contributed by atoms with van der Waals surface area (Å²) in [5, 5.41) is 37.2. The van der Waals surface area contributed by atoms with Crippen LogP contribution in [0.2, 0.25) is 0 Å². The van der Waals surface area contributed by atoms with Crippen molar-refractivity contribution >= 4 is 98.7 Å². The number of aromatic nitrogens is 5. The zero-order chi connectivity index (χ0) is 28.5. The molecule has 0 radical (unpaired) electrons. The molecule has 2 aliphatic rings. The molecule has 4 heterocycles. The van der Waals surface area contributed by atoms with Crippen molar-refractivity contribution in [1.82, 2.24) is 35.4 Å². The number of amides is 3. The van der Waals surface area contributed by atoms with Gasteiger partial charge in [0, 0.05) is 23.9 Å². The minimum Gasteiger partial charge on any atom is -0.477 e. The number of thiazole rings is 1. The Balaban J connectivity index is 1.36. The number of carbonyl (C=O) groups excluding carboxylic acids is 3. The number of hydrogen-bond acceptors (Lipinski definition) is 13. The molecular formula is C18H17Cl3N8O7S3. The van der Waals surface area contributed by atoms with Crippen molar-refractivity contribution in [2.45, 2.75) is 26.5 Å². The molecule has 2 aromatic heterocycles. The highest BCUT2D eigenvalue weighted by Crippen LogP contribution is 2.41. The molecule has 3 atom stereocenters. The molecule has 0 aliphatic carbocycles. The zero-order valence-corrected chi connectivity index (χ0v) is 24.1. The molecule has 21 heteroatoms. The number of rotatable bonds is 9. The molecule has 1 saturated heterocycles. The predicted octanol–water partition coefficient (Wildman–Crippen LogP) is 1.15. The number of tetrazole rings is 1. The summed E-state index contributed by atoms with van der Waals surface area (Å²) in [5.41, 5.74) is 0.247. The summed E-state index contributed by atoms with van der Waals surface area (Å²) in [4.78, 5) is 54.4. The zero-order valence-electron chi connectivity index (χ0n) is 19.4. The van der Waals surface area contributed by atoms with Gasteiger partial charge < -0.3 is 20.3 Å². The Morgan fingerprint density at radius 3 is 2.74 bits per heavy atom. The number of carboxylic acid groups (broad SMARTS) is 1. The summed E-state index contributed by atoms with van der Waals surface area (Å²) in [7, 11) is 1.65. The van der Waals surface area contributed by atoms with Crippen LogP contribution in [0.5, 0.6) is 0 Å². The number of nitrogens with one attached hydrogen (secondary N) is 2. The van der Waals surface area contributed by atoms with Crippen molar-refractivity contribution < 1.29 is 34.1 Å². The van der Waals surface area contributed by atoms with Gasteiger partial charge in [-0.15, -0.1) is 28.2 Å². The summed E-state index contributed by atoms with van der Waals surface area (Å²) in [6, 6.07) is -1.06. The van der Waals surface area contributed by atoms with Gasteiger partial charge in [0.25, 0.3) is 11.8 Å². The average molecular weight is 660 g/mol. The number of anilines is 1. The van der Waals surface area contributed by atoms with E-state index in [1.165, 1.54) is 33.6 Å². The molecule has 0 bridgehead atoms. The van der Waals surface area contributed by atoms with Crippen molar-refractivity contribution in [3.8, 4) is 0 Å². The normalized spacial score (nSPS) is 19.7. The Labute approximate surface area is 246 Å². The maximum atomic E-state index is 12.9. The van der Waals surface area contributed by atoms with E-state index >= 15 is 0 Å². The first-order chi connectivity index (χ1) is 18.4. The number of aryl methyl sites for hydroxylation is 1. The summed E-state index contributed by atoms with van der Waals surface area (Å²) >= 11 is 19.9. The fraction of sp³-hybridized carbons (Fsp3) is 0.444. The number of ether oxygens (including phenoxy) is 1. The first-order valence-electron chi connectivity index (χ1n) is 10.5. The number of aliphatic hydroxyl groups is 1. The van der Waals surface area contributed by atoms with Gasteiger partial charge in [-0.1, -0.05) is 46.6 Å². The lowest BCUT2D eigenvalue weighted by atomic mass is 10.0. The SMILES string of the molecule is Cn1nnnc1SCC1=C(C(=O)O)N2C(=O)[C@@H](NC(=O)C(O)c3csc(NC(=O)OCC(Cl)(Cl)Cl)n3)[C@@H]2SC1. The maximum Gasteiger partial charge on any atom is 0.413 e. The minimum atomic E-state index is -1.80. The standard InChI is InChI=1S/C18H17Cl3N8O7S3/c1-28-16(25-26-27-28)39-3-6-2-37-13-8(12(32)29(13)9(6)14(33)34)23-11(31)10(30)7-4-38-15(22-7)24-17(35)36-5-18(19,20)21/h4,8,10,13,30H,2-3,5H2,1H3,(H,23,31)(H,33,34)(H,22,24,35)/t8-,10?,13+/m1/s1. The van der Waals surface area contributed by atoms with Crippen LogP contribution in [0.25, 0.3) is 0 Å². The highest BCUT2D eigenvalue weighted by Gasteiger charge is 2.54. The third-order valence-electron chi connectivity index (χ3n) is 5.13. The summed E-state index contributed by atoms with van der Waals surface area (Å²) in [6.45, 7) is -0.517. The molecule has 4 rings (SSSR count). The van der Waals surface area contributed by atoms with E-state index in [4.69, 9.17) is 39.5 Å². The van der Waals surface area contributed by atoms with Gasteiger partial charge in [0.15, 0.2) is 11.2 Å². The number of β-lactam (4-membered cyclic amide) rings is 1. The third-order valence-corrected chi connectivity index (χ3v) is 8.67. The van der Waals surface area contributed by atoms with E-state index in [1.807, 2.05) is 0 Å². The fourth-order valence-electron chi connectivity index (χ4n) is 3.40. The topological polar surface area (TPSA) is 202 Å². The Hall–Kier alpha value is -2.35. The van der Waals surface area contributed by atoms with Crippen molar-refractivity contribution in [3.63, 3.8) is 0 Å². The van der Waals surface area contributed by atoms with Crippen molar-refractivity contribution in [2.75, 3.05) is 23.4 Å².